The van der Waals surface area contributed by atoms with Crippen LogP contribution in [0.5, 0.6) is 0 Å². The molecule has 0 heterocycles. The van der Waals surface area contributed by atoms with Gasteiger partial charge >= 0.3 is 12.0 Å². The Kier molecular flexibility index (Phi) is 6.21. The van der Waals surface area contributed by atoms with Crippen molar-refractivity contribution in [1.82, 2.24) is 4.90 Å². The van der Waals surface area contributed by atoms with E-state index < -0.39 is 5.97 Å². The van der Waals surface area contributed by atoms with E-state index in [4.69, 9.17) is 5.11 Å². The van der Waals surface area contributed by atoms with Crippen LogP contribution in [0.1, 0.15) is 32.8 Å². The topological polar surface area (TPSA) is 60.9 Å². The molecule has 0 bridgehead atoms. The fraction of sp³-hybridized carbons (Fsp3) is 0.500. The minimum absolute atomic E-state index is 0.0507. The van der Waals surface area contributed by atoms with Gasteiger partial charge in [0.15, 0.2) is 0 Å². The van der Waals surface area contributed by atoms with Crippen LogP contribution in [0.3, 0.4) is 0 Å². The van der Waals surface area contributed by atoms with Crippen LogP contribution in [0.4, 0.5) is 10.5 Å². The maximum Gasteiger partial charge on any atom is 0.324 e. The molecule has 0 fully saturated rings. The highest BCUT2D eigenvalue weighted by molar-refractivity contribution is 5.93. The summed E-state index contributed by atoms with van der Waals surface area (Å²) >= 11 is 0. The molecule has 0 radical (unpaired) electrons. The lowest BCUT2D eigenvalue weighted by Crippen LogP contribution is -2.48. The number of anilines is 1. The summed E-state index contributed by atoms with van der Waals surface area (Å²) in [7, 11) is 0. The molecule has 2 amide bonds. The van der Waals surface area contributed by atoms with Gasteiger partial charge in [-0.3, -0.25) is 9.69 Å². The monoisotopic (exact) mass is 292 g/mol. The smallest absolute Gasteiger partial charge is 0.324 e. The second-order valence-electron chi connectivity index (χ2n) is 5.05. The Bertz CT molecular complexity index is 502. The number of amides is 2. The highest BCUT2D eigenvalue weighted by Crippen LogP contribution is 2.21. The third-order valence-corrected chi connectivity index (χ3v) is 3.54. The van der Waals surface area contributed by atoms with Gasteiger partial charge in [0, 0.05) is 24.8 Å². The molecule has 0 aromatic heterocycles. The third-order valence-electron chi connectivity index (χ3n) is 3.54. The Morgan fingerprint density at radius 3 is 2.29 bits per heavy atom. The van der Waals surface area contributed by atoms with Gasteiger partial charge in [0.2, 0.25) is 0 Å². The summed E-state index contributed by atoms with van der Waals surface area (Å²) in [5, 5.41) is 8.92. The predicted molar refractivity (Wildman–Crippen MR) is 83.7 cm³/mol. The highest BCUT2D eigenvalue weighted by Gasteiger charge is 2.26. The zero-order chi connectivity index (χ0) is 16.0. The number of benzene rings is 1. The molecular weight excluding hydrogens is 268 g/mol. The molecule has 1 unspecified atom stereocenters. The van der Waals surface area contributed by atoms with E-state index in [2.05, 4.69) is 0 Å². The molecule has 0 aliphatic heterocycles. The molecule has 0 saturated heterocycles. The first-order valence-electron chi connectivity index (χ1n) is 7.27. The second kappa shape index (κ2) is 7.67. The van der Waals surface area contributed by atoms with E-state index in [-0.39, 0.29) is 18.5 Å². The number of para-hydroxylation sites is 1. The number of aryl methyl sites for hydroxylation is 1. The maximum absolute atomic E-state index is 12.7. The average molecular weight is 292 g/mol. The standard InChI is InChI=1S/C16H24N2O3/c1-5-17(13(4)11-15(19)20)16(21)18(6-2)14-10-8-7-9-12(14)3/h7-10,13H,5-6,11H2,1-4H3,(H,19,20). The SMILES string of the molecule is CCN(C(=O)N(CC)C(C)CC(=O)O)c1ccccc1C. The van der Waals surface area contributed by atoms with Crippen molar-refractivity contribution in [2.75, 3.05) is 18.0 Å². The van der Waals surface area contributed by atoms with Gasteiger partial charge < -0.3 is 10.0 Å². The molecular formula is C16H24N2O3. The fourth-order valence-corrected chi connectivity index (χ4v) is 2.43. The third kappa shape index (κ3) is 4.21. The van der Waals surface area contributed by atoms with Crippen LogP contribution >= 0.6 is 0 Å². The van der Waals surface area contributed by atoms with Crippen LogP contribution in [0.2, 0.25) is 0 Å². The number of carboxylic acids is 1. The van der Waals surface area contributed by atoms with Crippen molar-refractivity contribution in [3.63, 3.8) is 0 Å². The number of carboxylic acid groups (broad SMARTS) is 1. The molecule has 0 spiro atoms. The zero-order valence-electron chi connectivity index (χ0n) is 13.2. The molecule has 1 aromatic rings. The normalized spacial score (nSPS) is 11.8. The van der Waals surface area contributed by atoms with Crippen molar-refractivity contribution in [2.24, 2.45) is 0 Å². The number of carbonyl (C=O) groups excluding carboxylic acids is 1. The summed E-state index contributed by atoms with van der Waals surface area (Å²) in [6, 6.07) is 7.22. The molecule has 0 aliphatic carbocycles. The second-order valence-corrected chi connectivity index (χ2v) is 5.05. The summed E-state index contributed by atoms with van der Waals surface area (Å²) in [5.41, 5.74) is 1.89. The molecule has 21 heavy (non-hydrogen) atoms. The first-order chi connectivity index (χ1) is 9.92. The Labute approximate surface area is 126 Å². The van der Waals surface area contributed by atoms with Gasteiger partial charge in [0.1, 0.15) is 0 Å². The molecule has 1 rings (SSSR count). The van der Waals surface area contributed by atoms with Crippen molar-refractivity contribution in [2.45, 2.75) is 40.2 Å². The minimum Gasteiger partial charge on any atom is -0.481 e. The summed E-state index contributed by atoms with van der Waals surface area (Å²) in [5.74, 6) is -0.896. The minimum atomic E-state index is -0.896. The van der Waals surface area contributed by atoms with Crippen LogP contribution in [0.25, 0.3) is 0 Å². The van der Waals surface area contributed by atoms with Crippen molar-refractivity contribution < 1.29 is 14.7 Å². The van der Waals surface area contributed by atoms with Gasteiger partial charge in [0.05, 0.1) is 6.42 Å². The highest BCUT2D eigenvalue weighted by atomic mass is 16.4. The summed E-state index contributed by atoms with van der Waals surface area (Å²) in [6.45, 7) is 8.53. The van der Waals surface area contributed by atoms with E-state index >= 15 is 0 Å². The van der Waals surface area contributed by atoms with Gasteiger partial charge in [0.25, 0.3) is 0 Å². The quantitative estimate of drug-likeness (QED) is 0.876. The van der Waals surface area contributed by atoms with E-state index in [9.17, 15) is 9.59 Å². The largest absolute Gasteiger partial charge is 0.481 e. The van der Waals surface area contributed by atoms with Crippen molar-refractivity contribution >= 4 is 17.7 Å². The van der Waals surface area contributed by atoms with Crippen LogP contribution in [-0.4, -0.2) is 41.1 Å². The van der Waals surface area contributed by atoms with Gasteiger partial charge in [-0.05, 0) is 39.3 Å². The van der Waals surface area contributed by atoms with Gasteiger partial charge in [-0.25, -0.2) is 4.79 Å². The Balaban J connectivity index is 3.01. The first kappa shape index (κ1) is 17.0. The van der Waals surface area contributed by atoms with E-state index in [1.165, 1.54) is 0 Å². The van der Waals surface area contributed by atoms with Crippen LogP contribution in [0, 0.1) is 6.92 Å². The van der Waals surface area contributed by atoms with E-state index in [1.54, 1.807) is 16.7 Å². The summed E-state index contributed by atoms with van der Waals surface area (Å²) in [4.78, 5) is 26.9. The molecule has 116 valence electrons. The van der Waals surface area contributed by atoms with E-state index in [0.29, 0.717) is 13.1 Å². The van der Waals surface area contributed by atoms with Gasteiger partial charge in [-0.2, -0.15) is 0 Å². The average Bonchev–Trinajstić information content (AvgIpc) is 2.41. The molecule has 1 aromatic carbocycles. The molecule has 0 aliphatic rings. The lowest BCUT2D eigenvalue weighted by molar-refractivity contribution is -0.138. The number of hydrogen-bond acceptors (Lipinski definition) is 2. The molecule has 1 N–H and O–H groups in total. The maximum atomic E-state index is 12.7. The Morgan fingerprint density at radius 1 is 1.19 bits per heavy atom. The zero-order valence-corrected chi connectivity index (χ0v) is 13.2. The first-order valence-corrected chi connectivity index (χ1v) is 7.27. The summed E-state index contributed by atoms with van der Waals surface area (Å²) < 4.78 is 0. The van der Waals surface area contributed by atoms with Crippen LogP contribution in [0.15, 0.2) is 24.3 Å². The van der Waals surface area contributed by atoms with Crippen molar-refractivity contribution in [3.05, 3.63) is 29.8 Å². The van der Waals surface area contributed by atoms with Crippen molar-refractivity contribution in [1.29, 1.82) is 0 Å². The summed E-state index contributed by atoms with van der Waals surface area (Å²) in [6.07, 6.45) is -0.0507. The Hall–Kier alpha value is -2.04. The van der Waals surface area contributed by atoms with Gasteiger partial charge in [-0.15, -0.1) is 0 Å². The number of nitrogens with zero attached hydrogens (tertiary/aromatic N) is 2. The molecule has 0 saturated carbocycles. The van der Waals surface area contributed by atoms with E-state index in [1.807, 2.05) is 45.0 Å². The number of aliphatic carboxylic acids is 1. The number of carbonyl (C=O) groups is 2. The number of urea groups is 1. The number of rotatable bonds is 6. The van der Waals surface area contributed by atoms with Crippen molar-refractivity contribution in [3.8, 4) is 0 Å². The Morgan fingerprint density at radius 2 is 1.81 bits per heavy atom. The van der Waals surface area contributed by atoms with Crippen LogP contribution < -0.4 is 4.90 Å². The lowest BCUT2D eigenvalue weighted by atomic mass is 10.1. The fourth-order valence-electron chi connectivity index (χ4n) is 2.43. The van der Waals surface area contributed by atoms with E-state index in [0.717, 1.165) is 11.3 Å². The van der Waals surface area contributed by atoms with Crippen LogP contribution in [-0.2, 0) is 4.79 Å². The molecule has 5 heteroatoms. The van der Waals surface area contributed by atoms with Gasteiger partial charge in [-0.1, -0.05) is 18.2 Å². The number of hydrogen-bond donors (Lipinski definition) is 1. The lowest BCUT2D eigenvalue weighted by Gasteiger charge is -2.33. The predicted octanol–water partition coefficient (Wildman–Crippen LogP) is 3.13. The molecule has 5 nitrogen and oxygen atoms in total. The molecule has 1 atom stereocenters.